The Kier molecular flexibility index (Phi) is 2.21. The van der Waals surface area contributed by atoms with Crippen molar-refractivity contribution in [3.8, 4) is 11.8 Å². The van der Waals surface area contributed by atoms with Gasteiger partial charge in [0.15, 0.2) is 5.69 Å². The zero-order chi connectivity index (χ0) is 12.5. The van der Waals surface area contributed by atoms with Gasteiger partial charge in [-0.05, 0) is 30.3 Å². The van der Waals surface area contributed by atoms with E-state index in [9.17, 15) is 0 Å². The topological polar surface area (TPSA) is 80.5 Å². The summed E-state index contributed by atoms with van der Waals surface area (Å²) in [5.74, 6) is 0. The maximum absolute atomic E-state index is 8.97. The van der Waals surface area contributed by atoms with Crippen molar-refractivity contribution in [1.82, 2.24) is 14.5 Å². The van der Waals surface area contributed by atoms with Crippen molar-refractivity contribution < 1.29 is 0 Å². The van der Waals surface area contributed by atoms with Gasteiger partial charge in [0, 0.05) is 17.6 Å². The molecule has 0 aliphatic rings. The van der Waals surface area contributed by atoms with Gasteiger partial charge >= 0.3 is 0 Å². The zero-order valence-corrected chi connectivity index (χ0v) is 9.41. The summed E-state index contributed by atoms with van der Waals surface area (Å²) in [5, 5.41) is 8.97. The van der Waals surface area contributed by atoms with E-state index in [1.807, 2.05) is 41.0 Å². The van der Waals surface area contributed by atoms with E-state index in [2.05, 4.69) is 9.97 Å². The predicted octanol–water partition coefficient (Wildman–Crippen LogP) is 1.87. The maximum atomic E-state index is 8.97. The van der Waals surface area contributed by atoms with Gasteiger partial charge in [0.2, 0.25) is 0 Å². The number of pyridine rings is 1. The van der Waals surface area contributed by atoms with Crippen molar-refractivity contribution >= 4 is 16.7 Å². The number of benzene rings is 1. The smallest absolute Gasteiger partial charge is 0.168 e. The van der Waals surface area contributed by atoms with E-state index in [1.54, 1.807) is 12.5 Å². The molecule has 3 aromatic rings. The second kappa shape index (κ2) is 3.86. The Bertz CT molecular complexity index is 749. The lowest BCUT2D eigenvalue weighted by atomic mass is 10.2. The monoisotopic (exact) mass is 235 g/mol. The lowest BCUT2D eigenvalue weighted by molar-refractivity contribution is 1.09. The minimum absolute atomic E-state index is 0.335. The molecule has 2 heterocycles. The maximum Gasteiger partial charge on any atom is 0.168 e. The Morgan fingerprint density at radius 3 is 2.61 bits per heavy atom. The van der Waals surface area contributed by atoms with Crippen LogP contribution >= 0.6 is 0 Å². The number of nitriles is 1. The van der Waals surface area contributed by atoms with E-state index in [1.165, 1.54) is 0 Å². The van der Waals surface area contributed by atoms with Gasteiger partial charge in [-0.25, -0.2) is 9.97 Å². The Balaban J connectivity index is 2.25. The summed E-state index contributed by atoms with van der Waals surface area (Å²) in [4.78, 5) is 8.22. The molecule has 2 N–H and O–H groups in total. The van der Waals surface area contributed by atoms with E-state index in [0.29, 0.717) is 16.9 Å². The SMILES string of the molecule is N#Cc1nccc2c1ncn2-c1ccc(N)cc1. The molecular formula is C13H9N5. The van der Waals surface area contributed by atoms with Gasteiger partial charge in [-0.3, -0.25) is 4.57 Å². The third-order valence-electron chi connectivity index (χ3n) is 2.74. The fourth-order valence-electron chi connectivity index (χ4n) is 1.87. The van der Waals surface area contributed by atoms with Gasteiger partial charge in [-0.15, -0.1) is 0 Å². The van der Waals surface area contributed by atoms with Crippen molar-refractivity contribution in [2.24, 2.45) is 0 Å². The number of nitrogen functional groups attached to an aromatic ring is 1. The van der Waals surface area contributed by atoms with Crippen LogP contribution in [0.15, 0.2) is 42.9 Å². The summed E-state index contributed by atoms with van der Waals surface area (Å²) < 4.78 is 1.90. The van der Waals surface area contributed by atoms with Crippen LogP contribution in [0.2, 0.25) is 0 Å². The number of hydrogen-bond donors (Lipinski definition) is 1. The zero-order valence-electron chi connectivity index (χ0n) is 9.41. The molecular weight excluding hydrogens is 226 g/mol. The van der Waals surface area contributed by atoms with Gasteiger partial charge in [-0.2, -0.15) is 5.26 Å². The van der Waals surface area contributed by atoms with Crippen LogP contribution in [-0.2, 0) is 0 Å². The Hall–Kier alpha value is -2.87. The lowest BCUT2D eigenvalue weighted by Crippen LogP contribution is -1.93. The molecule has 86 valence electrons. The molecule has 0 unspecified atom stereocenters. The number of rotatable bonds is 1. The van der Waals surface area contributed by atoms with Crippen molar-refractivity contribution in [2.75, 3.05) is 5.73 Å². The van der Waals surface area contributed by atoms with Crippen LogP contribution in [0.3, 0.4) is 0 Å². The number of nitrogens with zero attached hydrogens (tertiary/aromatic N) is 4. The molecule has 0 radical (unpaired) electrons. The number of aromatic nitrogens is 3. The second-order valence-electron chi connectivity index (χ2n) is 3.85. The normalized spacial score (nSPS) is 10.4. The summed E-state index contributed by atoms with van der Waals surface area (Å²) >= 11 is 0. The van der Waals surface area contributed by atoms with Gasteiger partial charge < -0.3 is 5.73 Å². The molecule has 5 heteroatoms. The van der Waals surface area contributed by atoms with Gasteiger partial charge in [-0.1, -0.05) is 0 Å². The van der Waals surface area contributed by atoms with E-state index >= 15 is 0 Å². The van der Waals surface area contributed by atoms with E-state index in [-0.39, 0.29) is 0 Å². The molecule has 18 heavy (non-hydrogen) atoms. The summed E-state index contributed by atoms with van der Waals surface area (Å²) in [6.07, 6.45) is 3.29. The fraction of sp³-hybridized carbons (Fsp3) is 0. The molecule has 0 saturated carbocycles. The third-order valence-corrected chi connectivity index (χ3v) is 2.74. The van der Waals surface area contributed by atoms with E-state index < -0.39 is 0 Å². The van der Waals surface area contributed by atoms with Crippen LogP contribution in [0.25, 0.3) is 16.7 Å². The predicted molar refractivity (Wildman–Crippen MR) is 68.0 cm³/mol. The number of nitrogens with two attached hydrogens (primary N) is 1. The van der Waals surface area contributed by atoms with Crippen molar-refractivity contribution in [1.29, 1.82) is 5.26 Å². The van der Waals surface area contributed by atoms with Gasteiger partial charge in [0.25, 0.3) is 0 Å². The lowest BCUT2D eigenvalue weighted by Gasteiger charge is -2.04. The van der Waals surface area contributed by atoms with Gasteiger partial charge in [0.1, 0.15) is 17.9 Å². The van der Waals surface area contributed by atoms with Crippen molar-refractivity contribution in [3.63, 3.8) is 0 Å². The van der Waals surface area contributed by atoms with Crippen LogP contribution in [0.5, 0.6) is 0 Å². The molecule has 0 atom stereocenters. The number of anilines is 1. The highest BCUT2D eigenvalue weighted by atomic mass is 15.1. The van der Waals surface area contributed by atoms with Crippen LogP contribution in [0, 0.1) is 11.3 Å². The van der Waals surface area contributed by atoms with Crippen LogP contribution in [0.4, 0.5) is 5.69 Å². The first-order valence-electron chi connectivity index (χ1n) is 5.37. The highest BCUT2D eigenvalue weighted by Crippen LogP contribution is 2.20. The number of imidazole rings is 1. The first kappa shape index (κ1) is 10.3. The van der Waals surface area contributed by atoms with Crippen LogP contribution < -0.4 is 5.73 Å². The molecule has 2 aromatic heterocycles. The van der Waals surface area contributed by atoms with Gasteiger partial charge in [0.05, 0.1) is 5.52 Å². The van der Waals surface area contributed by atoms with Crippen LogP contribution in [-0.4, -0.2) is 14.5 Å². The molecule has 3 rings (SSSR count). The van der Waals surface area contributed by atoms with E-state index in [4.69, 9.17) is 11.0 Å². The average molecular weight is 235 g/mol. The quantitative estimate of drug-likeness (QED) is 0.653. The minimum atomic E-state index is 0.335. The number of fused-ring (bicyclic) bond motifs is 1. The van der Waals surface area contributed by atoms with Crippen molar-refractivity contribution in [2.45, 2.75) is 0 Å². The van der Waals surface area contributed by atoms with Crippen molar-refractivity contribution in [3.05, 3.63) is 48.5 Å². The first-order valence-corrected chi connectivity index (χ1v) is 5.37. The summed E-state index contributed by atoms with van der Waals surface area (Å²) in [6, 6.07) is 11.3. The average Bonchev–Trinajstić information content (AvgIpc) is 2.83. The molecule has 0 aliphatic heterocycles. The largest absolute Gasteiger partial charge is 0.399 e. The third kappa shape index (κ3) is 1.48. The molecule has 1 aromatic carbocycles. The molecule has 0 aliphatic carbocycles. The molecule has 5 nitrogen and oxygen atoms in total. The molecule has 0 saturated heterocycles. The second-order valence-corrected chi connectivity index (χ2v) is 3.85. The van der Waals surface area contributed by atoms with Crippen LogP contribution in [0.1, 0.15) is 5.69 Å². The standard InChI is InChI=1S/C13H9N5/c14-7-11-13-12(5-6-16-11)18(8-17-13)10-3-1-9(15)2-4-10/h1-6,8H,15H2. The Morgan fingerprint density at radius 2 is 1.89 bits per heavy atom. The fourth-order valence-corrected chi connectivity index (χ4v) is 1.87. The van der Waals surface area contributed by atoms with E-state index in [0.717, 1.165) is 11.2 Å². The summed E-state index contributed by atoms with van der Waals surface area (Å²) in [6.45, 7) is 0. The molecule has 0 amide bonds. The Morgan fingerprint density at radius 1 is 1.11 bits per heavy atom. The minimum Gasteiger partial charge on any atom is -0.399 e. The first-order chi connectivity index (χ1) is 8.79. The molecule has 0 spiro atoms. The summed E-state index contributed by atoms with van der Waals surface area (Å²) in [7, 11) is 0. The molecule has 0 fully saturated rings. The summed E-state index contributed by atoms with van der Waals surface area (Å²) in [5.41, 5.74) is 9.11. The number of hydrogen-bond acceptors (Lipinski definition) is 4. The highest BCUT2D eigenvalue weighted by Gasteiger charge is 2.08. The highest BCUT2D eigenvalue weighted by molar-refractivity contribution is 5.81. The molecule has 0 bridgehead atoms. The Labute approximate surface area is 103 Å².